The molecule has 1 aliphatic rings. The molecule has 2 atom stereocenters. The number of benzene rings is 3. The van der Waals surface area contributed by atoms with Gasteiger partial charge in [-0.2, -0.15) is 26.3 Å². The summed E-state index contributed by atoms with van der Waals surface area (Å²) in [4.78, 5) is 34.2. The smallest absolute Gasteiger partial charge is 0.338 e. The first-order chi connectivity index (χ1) is 22.7. The first kappa shape index (κ1) is 33.2. The van der Waals surface area contributed by atoms with Crippen LogP contribution in [0.4, 0.5) is 26.3 Å². The van der Waals surface area contributed by atoms with Gasteiger partial charge in [0.1, 0.15) is 5.52 Å². The standard InChI is InChI=1S/C33H28F6N6O2S/c1-19-17-43(12-13-44(19)30(47)22-14-23(32(34,35)36)16-24(15-22)33(37,38)39)29(46)20(2)48-31-40-28-27(41-42-31)25-10-6-7-11-26(25)45(28)18-21-8-4-3-5-9-21/h3-11,14-16,19-20H,12-13,17-18H2,1-2H3. The molecule has 2 amide bonds. The maximum atomic E-state index is 13.5. The first-order valence-corrected chi connectivity index (χ1v) is 15.8. The van der Waals surface area contributed by atoms with Gasteiger partial charge in [0.15, 0.2) is 5.65 Å². The summed E-state index contributed by atoms with van der Waals surface area (Å²) >= 11 is 1.12. The van der Waals surface area contributed by atoms with E-state index in [1.54, 1.807) is 13.8 Å². The number of alkyl halides is 6. The van der Waals surface area contributed by atoms with E-state index < -0.39 is 46.2 Å². The molecule has 1 saturated heterocycles. The van der Waals surface area contributed by atoms with E-state index in [1.165, 1.54) is 9.80 Å². The van der Waals surface area contributed by atoms with Gasteiger partial charge in [-0.1, -0.05) is 60.3 Å². The van der Waals surface area contributed by atoms with Crippen LogP contribution in [0.25, 0.3) is 22.1 Å². The minimum Gasteiger partial charge on any atom is -0.338 e. The molecule has 6 rings (SSSR count). The first-order valence-electron chi connectivity index (χ1n) is 14.9. The molecule has 3 aromatic carbocycles. The highest BCUT2D eigenvalue weighted by Crippen LogP contribution is 2.37. The number of para-hydroxylation sites is 1. The van der Waals surface area contributed by atoms with Crippen molar-refractivity contribution in [2.24, 2.45) is 0 Å². The molecule has 250 valence electrons. The lowest BCUT2D eigenvalue weighted by Gasteiger charge is -2.40. The van der Waals surface area contributed by atoms with E-state index in [0.29, 0.717) is 29.8 Å². The van der Waals surface area contributed by atoms with Gasteiger partial charge in [-0.25, -0.2) is 4.98 Å². The Morgan fingerprint density at radius 3 is 2.19 bits per heavy atom. The summed E-state index contributed by atoms with van der Waals surface area (Å²) in [6.45, 7) is 3.80. The molecular formula is C33H28F6N6O2S. The van der Waals surface area contributed by atoms with Gasteiger partial charge in [0.25, 0.3) is 5.91 Å². The van der Waals surface area contributed by atoms with Gasteiger partial charge in [-0.3, -0.25) is 9.59 Å². The zero-order chi connectivity index (χ0) is 34.4. The molecule has 2 unspecified atom stereocenters. The molecule has 2 aromatic heterocycles. The van der Waals surface area contributed by atoms with Crippen LogP contribution in [0.3, 0.4) is 0 Å². The molecule has 8 nitrogen and oxygen atoms in total. The molecular weight excluding hydrogens is 658 g/mol. The highest BCUT2D eigenvalue weighted by atomic mass is 32.2. The van der Waals surface area contributed by atoms with Gasteiger partial charge < -0.3 is 14.4 Å². The number of carbonyl (C=O) groups is 2. The van der Waals surface area contributed by atoms with Crippen LogP contribution in [0.1, 0.15) is 40.9 Å². The number of thioether (sulfide) groups is 1. The normalized spacial score (nSPS) is 16.5. The zero-order valence-electron chi connectivity index (χ0n) is 25.6. The number of aromatic nitrogens is 4. The van der Waals surface area contributed by atoms with Crippen LogP contribution in [0.2, 0.25) is 0 Å². The summed E-state index contributed by atoms with van der Waals surface area (Å²) in [7, 11) is 0. The summed E-state index contributed by atoms with van der Waals surface area (Å²) < 4.78 is 82.3. The van der Waals surface area contributed by atoms with Crippen LogP contribution in [-0.4, -0.2) is 72.3 Å². The minimum absolute atomic E-state index is 0.0181. The molecule has 0 N–H and O–H groups in total. The van der Waals surface area contributed by atoms with Crippen LogP contribution >= 0.6 is 11.8 Å². The Balaban J connectivity index is 1.17. The molecule has 48 heavy (non-hydrogen) atoms. The van der Waals surface area contributed by atoms with Gasteiger partial charge in [-0.05, 0) is 43.7 Å². The average Bonchev–Trinajstić information content (AvgIpc) is 3.36. The lowest BCUT2D eigenvalue weighted by Crippen LogP contribution is -2.56. The van der Waals surface area contributed by atoms with E-state index in [2.05, 4.69) is 10.2 Å². The van der Waals surface area contributed by atoms with E-state index >= 15 is 0 Å². The topological polar surface area (TPSA) is 84.2 Å². The van der Waals surface area contributed by atoms with E-state index in [9.17, 15) is 35.9 Å². The third-order valence-corrected chi connectivity index (χ3v) is 9.14. The van der Waals surface area contributed by atoms with Crippen LogP contribution in [0, 0.1) is 0 Å². The van der Waals surface area contributed by atoms with Gasteiger partial charge in [0, 0.05) is 43.2 Å². The SMILES string of the molecule is CC(Sc1nnc2c3ccccc3n(Cc3ccccc3)c2n1)C(=O)N1CCN(C(=O)c2cc(C(F)(F)F)cc(C(F)(F)F)c2)C(C)C1. The van der Waals surface area contributed by atoms with E-state index in [0.717, 1.165) is 28.2 Å². The quantitative estimate of drug-likeness (QED) is 0.143. The van der Waals surface area contributed by atoms with Crippen molar-refractivity contribution < 1.29 is 35.9 Å². The number of rotatable bonds is 6. The maximum Gasteiger partial charge on any atom is 0.416 e. The lowest BCUT2D eigenvalue weighted by molar-refractivity contribution is -0.143. The van der Waals surface area contributed by atoms with E-state index in [-0.39, 0.29) is 36.8 Å². The van der Waals surface area contributed by atoms with Gasteiger partial charge in [-0.15, -0.1) is 10.2 Å². The zero-order valence-corrected chi connectivity index (χ0v) is 26.4. The number of piperazine rings is 1. The Kier molecular flexibility index (Phi) is 8.83. The minimum atomic E-state index is -5.08. The number of amides is 2. The molecule has 1 fully saturated rings. The molecule has 0 bridgehead atoms. The predicted molar refractivity (Wildman–Crippen MR) is 167 cm³/mol. The van der Waals surface area contributed by atoms with Crippen molar-refractivity contribution in [2.45, 2.75) is 49.2 Å². The third kappa shape index (κ3) is 6.68. The van der Waals surface area contributed by atoms with Crippen molar-refractivity contribution in [1.82, 2.24) is 29.5 Å². The summed E-state index contributed by atoms with van der Waals surface area (Å²) in [5, 5.41) is 9.24. The average molecular weight is 687 g/mol. The molecule has 1 aliphatic heterocycles. The Labute approximate surface area is 274 Å². The second-order valence-corrected chi connectivity index (χ2v) is 12.8. The van der Waals surface area contributed by atoms with Crippen molar-refractivity contribution in [3.8, 4) is 0 Å². The van der Waals surface area contributed by atoms with Crippen molar-refractivity contribution in [1.29, 1.82) is 0 Å². The second-order valence-electron chi connectivity index (χ2n) is 11.5. The van der Waals surface area contributed by atoms with Crippen LogP contribution in [-0.2, 0) is 23.7 Å². The molecule has 0 radical (unpaired) electrons. The molecule has 5 aromatic rings. The summed E-state index contributed by atoms with van der Waals surface area (Å²) in [5.74, 6) is -1.27. The Bertz CT molecular complexity index is 1970. The van der Waals surface area contributed by atoms with Crippen molar-refractivity contribution in [3.05, 3.63) is 95.1 Å². The number of carbonyl (C=O) groups excluding carboxylic acids is 2. The number of halogens is 6. The molecule has 15 heteroatoms. The van der Waals surface area contributed by atoms with Crippen molar-refractivity contribution in [2.75, 3.05) is 19.6 Å². The molecule has 0 saturated carbocycles. The fourth-order valence-corrected chi connectivity index (χ4v) is 6.63. The Morgan fingerprint density at radius 2 is 1.54 bits per heavy atom. The van der Waals surface area contributed by atoms with Crippen molar-refractivity contribution in [3.63, 3.8) is 0 Å². The second kappa shape index (κ2) is 12.7. The van der Waals surface area contributed by atoms with Crippen LogP contribution in [0.5, 0.6) is 0 Å². The van der Waals surface area contributed by atoms with Gasteiger partial charge in [0.05, 0.1) is 21.9 Å². The summed E-state index contributed by atoms with van der Waals surface area (Å²) in [5.41, 5.74) is -0.615. The van der Waals surface area contributed by atoms with E-state index in [4.69, 9.17) is 4.98 Å². The van der Waals surface area contributed by atoms with Gasteiger partial charge in [0.2, 0.25) is 11.1 Å². The predicted octanol–water partition coefficient (Wildman–Crippen LogP) is 6.92. The van der Waals surface area contributed by atoms with E-state index in [1.807, 2.05) is 59.2 Å². The fourth-order valence-electron chi connectivity index (χ4n) is 5.83. The Morgan fingerprint density at radius 1 is 0.896 bits per heavy atom. The lowest BCUT2D eigenvalue weighted by atomic mass is 10.0. The monoisotopic (exact) mass is 686 g/mol. The third-order valence-electron chi connectivity index (χ3n) is 8.20. The molecule has 0 aliphatic carbocycles. The Hall–Kier alpha value is -4.66. The largest absolute Gasteiger partial charge is 0.416 e. The van der Waals surface area contributed by atoms with Gasteiger partial charge >= 0.3 is 12.4 Å². The van der Waals surface area contributed by atoms with Crippen LogP contribution < -0.4 is 0 Å². The highest BCUT2D eigenvalue weighted by Gasteiger charge is 2.39. The number of hydrogen-bond acceptors (Lipinski definition) is 6. The summed E-state index contributed by atoms with van der Waals surface area (Å²) in [6, 6.07) is 17.8. The summed E-state index contributed by atoms with van der Waals surface area (Å²) in [6.07, 6.45) is -10.2. The molecule has 0 spiro atoms. The van der Waals surface area contributed by atoms with Crippen molar-refractivity contribution >= 4 is 45.6 Å². The maximum absolute atomic E-state index is 13.5. The highest BCUT2D eigenvalue weighted by molar-refractivity contribution is 8.00. The number of hydrogen-bond donors (Lipinski definition) is 0. The number of nitrogens with zero attached hydrogens (tertiary/aromatic N) is 6. The fraction of sp³-hybridized carbons (Fsp3) is 0.303. The van der Waals surface area contributed by atoms with Crippen LogP contribution in [0.15, 0.2) is 78.0 Å². The molecule has 3 heterocycles. The number of fused-ring (bicyclic) bond motifs is 3.